The number of nitrogens with zero attached hydrogens (tertiary/aromatic N) is 2. The van der Waals surface area contributed by atoms with Crippen LogP contribution in [0.1, 0.15) is 24.2 Å². The van der Waals surface area contributed by atoms with E-state index < -0.39 is 0 Å². The van der Waals surface area contributed by atoms with Crippen molar-refractivity contribution in [2.24, 2.45) is 0 Å². The first-order valence-electron chi connectivity index (χ1n) is 7.54. The molecule has 0 aliphatic carbocycles. The SMILES string of the molecule is C[C@H](C(=O)NCc1noc(-c2ccc(F)cc2)n1)c1ccccc1. The smallest absolute Gasteiger partial charge is 0.257 e. The number of carbonyl (C=O) groups excluding carboxylic acids is 1. The minimum atomic E-state index is -0.333. The zero-order chi connectivity index (χ0) is 16.9. The van der Waals surface area contributed by atoms with Crippen molar-refractivity contribution in [3.8, 4) is 11.5 Å². The van der Waals surface area contributed by atoms with Gasteiger partial charge in [-0.2, -0.15) is 4.98 Å². The van der Waals surface area contributed by atoms with Crippen molar-refractivity contribution >= 4 is 5.91 Å². The fourth-order valence-corrected chi connectivity index (χ4v) is 2.25. The Balaban J connectivity index is 1.61. The molecule has 0 spiro atoms. The van der Waals surface area contributed by atoms with Crippen molar-refractivity contribution in [3.63, 3.8) is 0 Å². The van der Waals surface area contributed by atoms with Crippen LogP contribution in [0.15, 0.2) is 59.1 Å². The normalized spacial score (nSPS) is 11.9. The molecule has 2 aromatic carbocycles. The van der Waals surface area contributed by atoms with E-state index in [4.69, 9.17) is 4.52 Å². The maximum atomic E-state index is 12.9. The molecule has 0 aliphatic heterocycles. The highest BCUT2D eigenvalue weighted by Gasteiger charge is 2.16. The number of rotatable bonds is 5. The van der Waals surface area contributed by atoms with Gasteiger partial charge in [0, 0.05) is 5.56 Å². The monoisotopic (exact) mass is 325 g/mol. The maximum Gasteiger partial charge on any atom is 0.257 e. The number of carbonyl (C=O) groups is 1. The van der Waals surface area contributed by atoms with Gasteiger partial charge in [0.05, 0.1) is 12.5 Å². The average Bonchev–Trinajstić information content (AvgIpc) is 3.09. The summed E-state index contributed by atoms with van der Waals surface area (Å²) >= 11 is 0. The Labute approximate surface area is 138 Å². The molecule has 0 bridgehead atoms. The third-order valence-electron chi connectivity index (χ3n) is 3.67. The van der Waals surface area contributed by atoms with Gasteiger partial charge in [0.25, 0.3) is 5.89 Å². The molecule has 0 saturated heterocycles. The van der Waals surface area contributed by atoms with Crippen LogP contribution >= 0.6 is 0 Å². The van der Waals surface area contributed by atoms with Crippen LogP contribution in [0.25, 0.3) is 11.5 Å². The zero-order valence-electron chi connectivity index (χ0n) is 13.1. The topological polar surface area (TPSA) is 68.0 Å². The van der Waals surface area contributed by atoms with E-state index in [0.717, 1.165) is 5.56 Å². The summed E-state index contributed by atoms with van der Waals surface area (Å²) in [7, 11) is 0. The molecular weight excluding hydrogens is 309 g/mol. The van der Waals surface area contributed by atoms with Crippen molar-refractivity contribution in [1.82, 2.24) is 15.5 Å². The number of amides is 1. The Bertz CT molecular complexity index is 816. The van der Waals surface area contributed by atoms with Gasteiger partial charge in [-0.1, -0.05) is 35.5 Å². The molecule has 5 nitrogen and oxygen atoms in total. The summed E-state index contributed by atoms with van der Waals surface area (Å²) in [5, 5.41) is 6.61. The number of nitrogens with one attached hydrogen (secondary N) is 1. The predicted molar refractivity (Wildman–Crippen MR) is 86.4 cm³/mol. The third kappa shape index (κ3) is 3.65. The van der Waals surface area contributed by atoms with Gasteiger partial charge in [-0.25, -0.2) is 4.39 Å². The Hall–Kier alpha value is -3.02. The molecule has 122 valence electrons. The molecule has 3 aromatic rings. The summed E-state index contributed by atoms with van der Waals surface area (Å²) in [6.45, 7) is 2.01. The van der Waals surface area contributed by atoms with E-state index in [9.17, 15) is 9.18 Å². The minimum Gasteiger partial charge on any atom is -0.348 e. The Morgan fingerprint density at radius 3 is 2.58 bits per heavy atom. The van der Waals surface area contributed by atoms with Crippen LogP contribution in [0.2, 0.25) is 0 Å². The molecule has 3 rings (SSSR count). The summed E-state index contributed by atoms with van der Waals surface area (Å²) in [6, 6.07) is 15.3. The lowest BCUT2D eigenvalue weighted by Gasteiger charge is -2.11. The maximum absolute atomic E-state index is 12.9. The highest BCUT2D eigenvalue weighted by Crippen LogP contribution is 2.18. The molecule has 0 fully saturated rings. The second-order valence-corrected chi connectivity index (χ2v) is 5.37. The molecule has 0 saturated carbocycles. The van der Waals surface area contributed by atoms with Crippen LogP contribution in [0, 0.1) is 5.82 Å². The number of hydrogen-bond donors (Lipinski definition) is 1. The van der Waals surface area contributed by atoms with E-state index >= 15 is 0 Å². The molecule has 0 aliphatic rings. The van der Waals surface area contributed by atoms with Gasteiger partial charge in [0.15, 0.2) is 5.82 Å². The van der Waals surface area contributed by atoms with Crippen LogP contribution in [0.5, 0.6) is 0 Å². The number of hydrogen-bond acceptors (Lipinski definition) is 4. The lowest BCUT2D eigenvalue weighted by Crippen LogP contribution is -2.27. The van der Waals surface area contributed by atoms with Crippen molar-refractivity contribution < 1.29 is 13.7 Å². The van der Waals surface area contributed by atoms with Crippen LogP contribution in [0.3, 0.4) is 0 Å². The van der Waals surface area contributed by atoms with Crippen molar-refractivity contribution in [1.29, 1.82) is 0 Å². The van der Waals surface area contributed by atoms with E-state index in [2.05, 4.69) is 15.5 Å². The number of halogens is 1. The van der Waals surface area contributed by atoms with Crippen molar-refractivity contribution in [2.45, 2.75) is 19.4 Å². The second kappa shape index (κ2) is 7.04. The van der Waals surface area contributed by atoms with E-state index in [1.165, 1.54) is 12.1 Å². The summed E-state index contributed by atoms with van der Waals surface area (Å²) in [4.78, 5) is 16.4. The molecule has 6 heteroatoms. The fraction of sp³-hybridized carbons (Fsp3) is 0.167. The quantitative estimate of drug-likeness (QED) is 0.781. The molecule has 0 radical (unpaired) electrons. The zero-order valence-corrected chi connectivity index (χ0v) is 13.1. The third-order valence-corrected chi connectivity index (χ3v) is 3.67. The van der Waals surface area contributed by atoms with E-state index in [0.29, 0.717) is 11.4 Å². The first-order chi connectivity index (χ1) is 11.6. The average molecular weight is 325 g/mol. The Morgan fingerprint density at radius 1 is 1.17 bits per heavy atom. The van der Waals surface area contributed by atoms with Crippen LogP contribution in [-0.4, -0.2) is 16.0 Å². The summed E-state index contributed by atoms with van der Waals surface area (Å²) in [5.74, 6) is -0.0667. The lowest BCUT2D eigenvalue weighted by atomic mass is 10.0. The van der Waals surface area contributed by atoms with Crippen LogP contribution < -0.4 is 5.32 Å². The molecule has 0 unspecified atom stereocenters. The fourth-order valence-electron chi connectivity index (χ4n) is 2.25. The van der Waals surface area contributed by atoms with Gasteiger partial charge in [-0.05, 0) is 36.8 Å². The van der Waals surface area contributed by atoms with Gasteiger partial charge in [0.1, 0.15) is 5.82 Å². The van der Waals surface area contributed by atoms with Gasteiger partial charge in [0.2, 0.25) is 5.91 Å². The van der Waals surface area contributed by atoms with Gasteiger partial charge in [-0.3, -0.25) is 4.79 Å². The van der Waals surface area contributed by atoms with Crippen LogP contribution in [-0.2, 0) is 11.3 Å². The predicted octanol–water partition coefficient (Wildman–Crippen LogP) is 3.30. The minimum absolute atomic E-state index is 0.116. The first-order valence-corrected chi connectivity index (χ1v) is 7.54. The second-order valence-electron chi connectivity index (χ2n) is 5.37. The van der Waals surface area contributed by atoms with Crippen molar-refractivity contribution in [2.75, 3.05) is 0 Å². The molecule has 1 N–H and O–H groups in total. The van der Waals surface area contributed by atoms with Crippen LogP contribution in [0.4, 0.5) is 4.39 Å². The van der Waals surface area contributed by atoms with Gasteiger partial charge < -0.3 is 9.84 Å². The molecule has 1 amide bonds. The summed E-state index contributed by atoms with van der Waals surface area (Å²) < 4.78 is 18.1. The highest BCUT2D eigenvalue weighted by atomic mass is 19.1. The standard InChI is InChI=1S/C18H16FN3O2/c1-12(13-5-3-2-4-6-13)17(23)20-11-16-21-18(24-22-16)14-7-9-15(19)10-8-14/h2-10,12H,11H2,1H3,(H,20,23)/t12-/m0/s1. The first kappa shape index (κ1) is 15.9. The highest BCUT2D eigenvalue weighted by molar-refractivity contribution is 5.83. The van der Waals surface area contributed by atoms with Crippen molar-refractivity contribution in [3.05, 3.63) is 71.8 Å². The van der Waals surface area contributed by atoms with Gasteiger partial charge in [-0.15, -0.1) is 0 Å². The summed E-state index contributed by atoms with van der Waals surface area (Å²) in [6.07, 6.45) is 0. The molecule has 1 heterocycles. The summed E-state index contributed by atoms with van der Waals surface area (Å²) in [5.41, 5.74) is 1.56. The lowest BCUT2D eigenvalue weighted by molar-refractivity contribution is -0.122. The van der Waals surface area contributed by atoms with E-state index in [1.54, 1.807) is 12.1 Å². The Kier molecular flexibility index (Phi) is 4.65. The number of aromatic nitrogens is 2. The molecule has 1 aromatic heterocycles. The van der Waals surface area contributed by atoms with Gasteiger partial charge >= 0.3 is 0 Å². The molecule has 1 atom stereocenters. The largest absolute Gasteiger partial charge is 0.348 e. The Morgan fingerprint density at radius 2 is 1.88 bits per heavy atom. The molecule has 24 heavy (non-hydrogen) atoms. The molecular formula is C18H16FN3O2. The van der Waals surface area contributed by atoms with E-state index in [-0.39, 0.29) is 30.1 Å². The van der Waals surface area contributed by atoms with E-state index in [1.807, 2.05) is 37.3 Å². The number of benzene rings is 2.